The Morgan fingerprint density at radius 2 is 1.34 bits per heavy atom. The van der Waals surface area contributed by atoms with Crippen LogP contribution in [0.15, 0.2) is 168 Å². The average molecular weight is 840 g/mol. The highest BCUT2D eigenvalue weighted by Gasteiger charge is 2.57. The molecule has 2 aliphatic rings. The van der Waals surface area contributed by atoms with Crippen molar-refractivity contribution in [2.24, 2.45) is 5.16 Å². The third-order valence-electron chi connectivity index (χ3n) is 10.1. The van der Waals surface area contributed by atoms with Crippen LogP contribution in [0.2, 0.25) is 0 Å². The first-order valence-corrected chi connectivity index (χ1v) is 22.8. The van der Waals surface area contributed by atoms with Gasteiger partial charge in [-0.1, -0.05) is 120 Å². The molecule has 1 unspecified atom stereocenters. The smallest absolute Gasteiger partial charge is 0.356 e. The number of amides is 2. The van der Waals surface area contributed by atoms with Gasteiger partial charge in [-0.2, -0.15) is 9.36 Å². The first-order valence-electron chi connectivity index (χ1n) is 19.0. The molecule has 0 spiro atoms. The number of hydrogen-bond donors (Lipinski definition) is 2. The van der Waals surface area contributed by atoms with Gasteiger partial charge in [-0.15, -0.1) is 11.8 Å². The van der Waals surface area contributed by atoms with Crippen LogP contribution in [0.4, 0.5) is 5.13 Å². The summed E-state index contributed by atoms with van der Waals surface area (Å²) in [6, 6.07) is 49.3. The second-order valence-corrected chi connectivity index (χ2v) is 19.1. The Labute approximate surface area is 350 Å². The zero-order valence-corrected chi connectivity index (χ0v) is 34.5. The molecule has 1 fully saturated rings. The van der Waals surface area contributed by atoms with E-state index in [1.807, 2.05) is 115 Å². The number of ether oxygens (including phenoxy) is 1. The fraction of sp³-hybridized carbons (Fsp3) is 0.156. The van der Waals surface area contributed by atoms with Crippen LogP contribution in [0, 0.1) is 0 Å². The van der Waals surface area contributed by atoms with Crippen molar-refractivity contribution < 1.29 is 24.0 Å². The summed E-state index contributed by atoms with van der Waals surface area (Å²) in [5.74, 6) is -1.41. The number of hydrogen-bond acceptors (Lipinski definition) is 11. The van der Waals surface area contributed by atoms with Gasteiger partial charge in [-0.05, 0) is 54.4 Å². The summed E-state index contributed by atoms with van der Waals surface area (Å²) in [6.07, 6.45) is -0.301. The Morgan fingerprint density at radius 1 is 0.831 bits per heavy atom. The zero-order chi connectivity index (χ0) is 40.8. The van der Waals surface area contributed by atoms with Gasteiger partial charge < -0.3 is 20.6 Å². The maximum Gasteiger partial charge on any atom is 0.356 e. The van der Waals surface area contributed by atoms with Crippen LogP contribution in [-0.2, 0) is 24.0 Å². The van der Waals surface area contributed by atoms with Crippen LogP contribution in [0.25, 0.3) is 0 Å². The Morgan fingerprint density at radius 3 is 1.81 bits per heavy atom. The number of benzene rings is 5. The zero-order valence-electron chi connectivity index (χ0n) is 32.0. The molecule has 0 saturated carbocycles. The van der Waals surface area contributed by atoms with Crippen LogP contribution < -0.4 is 27.0 Å². The monoisotopic (exact) mass is 839 g/mol. The molecule has 3 heterocycles. The molecule has 3 N–H and O–H groups in total. The van der Waals surface area contributed by atoms with Crippen LogP contribution in [0.1, 0.15) is 30.0 Å². The Bertz CT molecular complexity index is 2360. The van der Waals surface area contributed by atoms with E-state index in [9.17, 15) is 9.59 Å². The predicted octanol–water partition coefficient (Wildman–Crippen LogP) is 5.84. The number of rotatable bonds is 14. The SMILES string of the molecule is CCON=C(C(=O)NC1C(=O)N2C(C(=O)OC(c3ccccc3)c3ccccc3)=C(C[P+](c3ccccc3)(c3ccccc3)c3ccccc3)CS[C@@H]12)c1nsc(N)n1. The van der Waals surface area contributed by atoms with Crippen molar-refractivity contribution in [3.05, 3.63) is 180 Å². The molecule has 5 aromatic carbocycles. The molecular weight excluding hydrogens is 800 g/mol. The molecule has 8 rings (SSSR count). The maximum absolute atomic E-state index is 15.1. The molecule has 1 aromatic heterocycles. The number of carbonyl (C=O) groups is 3. The van der Waals surface area contributed by atoms with Crippen LogP contribution in [0.5, 0.6) is 0 Å². The molecule has 296 valence electrons. The maximum atomic E-state index is 15.1. The molecule has 0 bridgehead atoms. The number of nitrogens with two attached hydrogens (primary N) is 1. The average Bonchev–Trinajstić information content (AvgIpc) is 3.73. The van der Waals surface area contributed by atoms with Crippen molar-refractivity contribution in [1.82, 2.24) is 19.6 Å². The van der Waals surface area contributed by atoms with Gasteiger partial charge in [0.2, 0.25) is 11.5 Å². The van der Waals surface area contributed by atoms with Gasteiger partial charge in [0, 0.05) is 22.9 Å². The lowest BCUT2D eigenvalue weighted by Crippen LogP contribution is -2.71. The summed E-state index contributed by atoms with van der Waals surface area (Å²) in [5, 5.41) is 9.71. The van der Waals surface area contributed by atoms with E-state index < -0.39 is 42.6 Å². The number of nitrogen functional groups attached to an aromatic ring is 1. The molecule has 2 amide bonds. The van der Waals surface area contributed by atoms with E-state index in [-0.39, 0.29) is 29.0 Å². The highest BCUT2D eigenvalue weighted by molar-refractivity contribution is 8.00. The number of thioether (sulfide) groups is 1. The van der Waals surface area contributed by atoms with E-state index in [1.165, 1.54) is 16.7 Å². The standard InChI is InChI=1S/C45H39N6O5PS2/c1-2-55-49-36(40-48-45(46)59-50-40)41(52)47-37-42(53)51-38(44(54)56-39(30-18-8-3-9-19-30)31-20-10-4-11-21-31)32(29-58-43(37)51)28-57(33-22-12-5-13-23-33,34-24-14-6-15-25-34)35-26-16-7-17-27-35/h3-27,37,39,43H,2,28-29H2,1H3,(H2-,46,47,48,50,52)/p+1/t37?,43-/m0/s1. The first-order chi connectivity index (χ1) is 28.9. The van der Waals surface area contributed by atoms with Gasteiger partial charge in [-0.25, -0.2) is 4.79 Å². The normalized spacial score (nSPS) is 16.6. The largest absolute Gasteiger partial charge is 0.448 e. The molecule has 59 heavy (non-hydrogen) atoms. The van der Waals surface area contributed by atoms with E-state index >= 15 is 4.79 Å². The molecular formula is C45H40N6O5PS2+. The summed E-state index contributed by atoms with van der Waals surface area (Å²) in [7, 11) is -2.52. The second-order valence-electron chi connectivity index (χ2n) is 13.7. The Balaban J connectivity index is 1.23. The molecule has 0 radical (unpaired) electrons. The highest BCUT2D eigenvalue weighted by Crippen LogP contribution is 2.58. The van der Waals surface area contributed by atoms with E-state index in [4.69, 9.17) is 15.3 Å². The highest BCUT2D eigenvalue weighted by atomic mass is 32.2. The minimum atomic E-state index is -2.52. The predicted molar refractivity (Wildman–Crippen MR) is 235 cm³/mol. The molecule has 14 heteroatoms. The molecule has 6 aromatic rings. The number of esters is 1. The topological polar surface area (TPSA) is 149 Å². The number of carbonyl (C=O) groups excluding carboxylic acids is 3. The first kappa shape index (κ1) is 39.7. The van der Waals surface area contributed by atoms with E-state index in [1.54, 1.807) is 6.92 Å². The van der Waals surface area contributed by atoms with Crippen molar-refractivity contribution >= 4 is 75.1 Å². The molecule has 11 nitrogen and oxygen atoms in total. The number of β-lactam (4-membered cyclic amide) rings is 1. The number of anilines is 1. The minimum Gasteiger partial charge on any atom is -0.448 e. The van der Waals surface area contributed by atoms with E-state index in [2.05, 4.69) is 56.2 Å². The Kier molecular flexibility index (Phi) is 12.0. The number of fused-ring (bicyclic) bond motifs is 1. The number of nitrogens with zero attached hydrogens (tertiary/aromatic N) is 4. The van der Waals surface area contributed by atoms with Gasteiger partial charge in [0.05, 0.1) is 6.16 Å². The van der Waals surface area contributed by atoms with Gasteiger partial charge in [-0.3, -0.25) is 14.5 Å². The lowest BCUT2D eigenvalue weighted by Gasteiger charge is -2.50. The van der Waals surface area contributed by atoms with E-state index in [0.29, 0.717) is 11.9 Å². The fourth-order valence-corrected chi connectivity index (χ4v) is 13.7. The van der Waals surface area contributed by atoms with Crippen molar-refractivity contribution in [1.29, 1.82) is 0 Å². The summed E-state index contributed by atoms with van der Waals surface area (Å²) in [4.78, 5) is 54.2. The third kappa shape index (κ3) is 8.01. The van der Waals surface area contributed by atoms with Crippen molar-refractivity contribution in [3.63, 3.8) is 0 Å². The number of oxime groups is 1. The Hall–Kier alpha value is -6.14. The molecule has 1 saturated heterocycles. The molecule has 0 aliphatic carbocycles. The van der Waals surface area contributed by atoms with Crippen LogP contribution >= 0.6 is 30.6 Å². The molecule has 2 atom stereocenters. The summed E-state index contributed by atoms with van der Waals surface area (Å²) in [6.45, 7) is 1.92. The minimum absolute atomic E-state index is 0.0132. The lowest BCUT2D eigenvalue weighted by atomic mass is 10.0. The number of aromatic nitrogens is 2. The number of nitrogens with one attached hydrogen (secondary N) is 1. The quantitative estimate of drug-likeness (QED) is 0.0454. The summed E-state index contributed by atoms with van der Waals surface area (Å²) < 4.78 is 10.7. The van der Waals surface area contributed by atoms with Gasteiger partial charge in [0.15, 0.2) is 11.2 Å². The molecule has 2 aliphatic heterocycles. The third-order valence-corrected chi connectivity index (χ3v) is 16.4. The van der Waals surface area contributed by atoms with Crippen molar-refractivity contribution in [3.8, 4) is 0 Å². The van der Waals surface area contributed by atoms with Gasteiger partial charge in [0.25, 0.3) is 11.8 Å². The second kappa shape index (κ2) is 17.8. The van der Waals surface area contributed by atoms with Gasteiger partial charge >= 0.3 is 5.97 Å². The van der Waals surface area contributed by atoms with Gasteiger partial charge in [0.1, 0.15) is 46.9 Å². The van der Waals surface area contributed by atoms with Crippen molar-refractivity contribution in [2.75, 3.05) is 24.3 Å². The van der Waals surface area contributed by atoms with Crippen LogP contribution in [-0.4, -0.2) is 67.7 Å². The summed E-state index contributed by atoms with van der Waals surface area (Å²) >= 11 is 2.40. The van der Waals surface area contributed by atoms with E-state index in [0.717, 1.165) is 44.1 Å². The van der Waals surface area contributed by atoms with Crippen LogP contribution in [0.3, 0.4) is 0 Å². The van der Waals surface area contributed by atoms with Crippen molar-refractivity contribution in [2.45, 2.75) is 24.4 Å². The summed E-state index contributed by atoms with van der Waals surface area (Å²) in [5.41, 5.74) is 8.15. The fourth-order valence-electron chi connectivity index (χ4n) is 7.45. The lowest BCUT2D eigenvalue weighted by molar-refractivity contribution is -0.154.